The molecule has 0 aliphatic heterocycles. The maximum Gasteiger partial charge on any atom is 0.244 e. The molecule has 2 aromatic heterocycles. The van der Waals surface area contributed by atoms with Crippen LogP contribution in [0.2, 0.25) is 0 Å². The summed E-state index contributed by atoms with van der Waals surface area (Å²) >= 11 is 0. The molecule has 0 aromatic carbocycles. The lowest BCUT2D eigenvalue weighted by Crippen LogP contribution is -2.77. The Bertz CT molecular complexity index is 858. The first-order chi connectivity index (χ1) is 14.2. The number of carbonyl (C=O) groups is 2. The Morgan fingerprint density at radius 2 is 1.20 bits per heavy atom. The van der Waals surface area contributed by atoms with Crippen molar-refractivity contribution in [1.29, 1.82) is 0 Å². The van der Waals surface area contributed by atoms with Gasteiger partial charge in [0.2, 0.25) is 11.8 Å². The van der Waals surface area contributed by atoms with Crippen LogP contribution in [0.25, 0.3) is 12.2 Å². The molecule has 1 aliphatic rings. The second-order valence-electron chi connectivity index (χ2n) is 8.77. The van der Waals surface area contributed by atoms with E-state index < -0.39 is 0 Å². The van der Waals surface area contributed by atoms with Crippen molar-refractivity contribution in [3.8, 4) is 0 Å². The number of hydrogen-bond acceptors (Lipinski definition) is 4. The topological polar surface area (TPSA) is 84.0 Å². The first-order valence-electron chi connectivity index (χ1n) is 9.98. The quantitative estimate of drug-likeness (QED) is 0.724. The number of rotatable bonds is 6. The van der Waals surface area contributed by atoms with Crippen LogP contribution < -0.4 is 10.6 Å². The molecule has 0 unspecified atom stereocenters. The highest BCUT2D eigenvalue weighted by Crippen LogP contribution is 2.53. The van der Waals surface area contributed by atoms with Crippen LogP contribution in [0.15, 0.2) is 61.2 Å². The number of nitrogens with zero attached hydrogens (tertiary/aromatic N) is 2. The molecule has 1 saturated carbocycles. The summed E-state index contributed by atoms with van der Waals surface area (Å²) in [6, 6.07) is 7.27. The summed E-state index contributed by atoms with van der Waals surface area (Å²) < 4.78 is 0. The van der Waals surface area contributed by atoms with Crippen molar-refractivity contribution in [3.05, 3.63) is 72.3 Å². The van der Waals surface area contributed by atoms with Gasteiger partial charge in [-0.1, -0.05) is 39.8 Å². The number of pyridine rings is 2. The molecule has 30 heavy (non-hydrogen) atoms. The molecular weight excluding hydrogens is 376 g/mol. The summed E-state index contributed by atoms with van der Waals surface area (Å²) in [6.07, 6.45) is 13.3. The molecule has 0 bridgehead atoms. The van der Waals surface area contributed by atoms with E-state index in [0.717, 1.165) is 11.1 Å². The average Bonchev–Trinajstić information content (AvgIpc) is 2.74. The first kappa shape index (κ1) is 21.4. The van der Waals surface area contributed by atoms with E-state index in [0.29, 0.717) is 0 Å². The zero-order valence-electron chi connectivity index (χ0n) is 17.8. The summed E-state index contributed by atoms with van der Waals surface area (Å²) in [7, 11) is 0. The fourth-order valence-electron chi connectivity index (χ4n) is 4.57. The van der Waals surface area contributed by atoms with Gasteiger partial charge in [0.15, 0.2) is 0 Å². The van der Waals surface area contributed by atoms with Gasteiger partial charge in [0, 0.05) is 59.9 Å². The summed E-state index contributed by atoms with van der Waals surface area (Å²) in [5.41, 5.74) is 1.15. The second-order valence-corrected chi connectivity index (χ2v) is 8.77. The minimum Gasteiger partial charge on any atom is -0.349 e. The normalized spacial score (nSPS) is 21.9. The summed E-state index contributed by atoms with van der Waals surface area (Å²) in [6.45, 7) is 8.24. The minimum atomic E-state index is -0.293. The Balaban J connectivity index is 1.61. The molecule has 2 aromatic rings. The molecule has 6 heteroatoms. The first-order valence-corrected chi connectivity index (χ1v) is 9.98. The average molecular weight is 405 g/mol. The van der Waals surface area contributed by atoms with E-state index in [1.54, 1.807) is 36.9 Å². The smallest absolute Gasteiger partial charge is 0.244 e. The van der Waals surface area contributed by atoms with Crippen molar-refractivity contribution < 1.29 is 9.59 Å². The molecular formula is C24H28N4O2. The molecule has 2 N–H and O–H groups in total. The molecule has 0 radical (unpaired) electrons. The van der Waals surface area contributed by atoms with Crippen molar-refractivity contribution in [3.63, 3.8) is 0 Å². The predicted octanol–water partition coefficient (Wildman–Crippen LogP) is 3.24. The number of hydrogen-bond donors (Lipinski definition) is 2. The molecule has 6 nitrogen and oxygen atoms in total. The summed E-state index contributed by atoms with van der Waals surface area (Å²) in [4.78, 5) is 33.0. The van der Waals surface area contributed by atoms with Crippen molar-refractivity contribution >= 4 is 24.0 Å². The maximum atomic E-state index is 12.5. The third-order valence-corrected chi connectivity index (χ3v) is 5.77. The van der Waals surface area contributed by atoms with Gasteiger partial charge in [0.25, 0.3) is 0 Å². The van der Waals surface area contributed by atoms with Crippen LogP contribution in [0.5, 0.6) is 0 Å². The van der Waals surface area contributed by atoms with Gasteiger partial charge in [0.05, 0.1) is 0 Å². The highest BCUT2D eigenvalue weighted by Gasteiger charge is 2.62. The molecule has 0 atom stereocenters. The van der Waals surface area contributed by atoms with Gasteiger partial charge in [-0.2, -0.15) is 0 Å². The zero-order valence-corrected chi connectivity index (χ0v) is 17.8. The summed E-state index contributed by atoms with van der Waals surface area (Å²) in [5.74, 6) is -0.322. The lowest BCUT2D eigenvalue weighted by molar-refractivity contribution is -0.137. The fraction of sp³-hybridized carbons (Fsp3) is 0.333. The molecule has 3 rings (SSSR count). The molecule has 0 saturated heterocycles. The standard InChI is InChI=1S/C24H28N4O2/c1-23(2)21(27-19(29)11-9-17-7-5-13-25-15-17)24(3,4)22(23)28-20(30)12-10-18-8-6-14-26-16-18/h5-16,21-22H,1-4H3,(H,27,29)(H,28,30)/b11-9+,12-10+. The van der Waals surface area contributed by atoms with E-state index >= 15 is 0 Å². The Labute approximate surface area is 177 Å². The van der Waals surface area contributed by atoms with Gasteiger partial charge in [-0.15, -0.1) is 0 Å². The van der Waals surface area contributed by atoms with Crippen molar-refractivity contribution in [2.75, 3.05) is 0 Å². The molecule has 2 heterocycles. The Morgan fingerprint density at radius 1 is 0.800 bits per heavy atom. The van der Waals surface area contributed by atoms with E-state index in [1.165, 1.54) is 12.2 Å². The van der Waals surface area contributed by atoms with Gasteiger partial charge in [-0.05, 0) is 35.4 Å². The van der Waals surface area contributed by atoms with Crippen LogP contribution in [0, 0.1) is 10.8 Å². The van der Waals surface area contributed by atoms with E-state index in [2.05, 4.69) is 48.3 Å². The van der Waals surface area contributed by atoms with E-state index in [9.17, 15) is 9.59 Å². The minimum absolute atomic E-state index is 0.0800. The third kappa shape index (κ3) is 4.64. The third-order valence-electron chi connectivity index (χ3n) is 5.77. The lowest BCUT2D eigenvalue weighted by Gasteiger charge is -2.64. The predicted molar refractivity (Wildman–Crippen MR) is 118 cm³/mol. The number of amides is 2. The van der Waals surface area contributed by atoms with Crippen LogP contribution in [0.4, 0.5) is 0 Å². The zero-order chi connectivity index (χ0) is 21.8. The van der Waals surface area contributed by atoms with Gasteiger partial charge in [-0.25, -0.2) is 0 Å². The van der Waals surface area contributed by atoms with Gasteiger partial charge in [0.1, 0.15) is 0 Å². The van der Waals surface area contributed by atoms with Crippen LogP contribution >= 0.6 is 0 Å². The summed E-state index contributed by atoms with van der Waals surface area (Å²) in [5, 5.41) is 6.21. The Morgan fingerprint density at radius 3 is 1.53 bits per heavy atom. The van der Waals surface area contributed by atoms with Crippen molar-refractivity contribution in [2.45, 2.75) is 39.8 Å². The van der Waals surface area contributed by atoms with E-state index in [-0.39, 0.29) is 34.7 Å². The van der Waals surface area contributed by atoms with Crippen LogP contribution in [-0.4, -0.2) is 33.9 Å². The molecule has 156 valence electrons. The molecule has 2 amide bonds. The largest absolute Gasteiger partial charge is 0.349 e. The fourth-order valence-corrected chi connectivity index (χ4v) is 4.57. The molecule has 0 spiro atoms. The highest BCUT2D eigenvalue weighted by atomic mass is 16.2. The SMILES string of the molecule is CC1(C)C(NC(=O)/C=C/c2cccnc2)C(C)(C)C1NC(=O)/C=C/c1cccnc1. The van der Waals surface area contributed by atoms with Gasteiger partial charge < -0.3 is 10.6 Å². The monoisotopic (exact) mass is 404 g/mol. The maximum absolute atomic E-state index is 12.5. The van der Waals surface area contributed by atoms with Gasteiger partial charge in [-0.3, -0.25) is 19.6 Å². The molecule has 1 aliphatic carbocycles. The van der Waals surface area contributed by atoms with Gasteiger partial charge >= 0.3 is 0 Å². The number of aromatic nitrogens is 2. The Hall–Kier alpha value is -3.28. The van der Waals surface area contributed by atoms with Crippen molar-refractivity contribution in [1.82, 2.24) is 20.6 Å². The van der Waals surface area contributed by atoms with Crippen LogP contribution in [0.3, 0.4) is 0 Å². The molecule has 1 fully saturated rings. The number of nitrogens with one attached hydrogen (secondary N) is 2. The highest BCUT2D eigenvalue weighted by molar-refractivity contribution is 5.93. The van der Waals surface area contributed by atoms with Crippen LogP contribution in [-0.2, 0) is 9.59 Å². The lowest BCUT2D eigenvalue weighted by atomic mass is 9.48. The van der Waals surface area contributed by atoms with E-state index in [1.807, 2.05) is 24.3 Å². The van der Waals surface area contributed by atoms with Crippen LogP contribution in [0.1, 0.15) is 38.8 Å². The second kappa shape index (κ2) is 8.61. The van der Waals surface area contributed by atoms with Crippen molar-refractivity contribution in [2.24, 2.45) is 10.8 Å². The van der Waals surface area contributed by atoms with E-state index in [4.69, 9.17) is 0 Å². The number of carbonyl (C=O) groups excluding carboxylic acids is 2. The Kier molecular flexibility index (Phi) is 6.15.